The van der Waals surface area contributed by atoms with Crippen molar-refractivity contribution in [2.75, 3.05) is 26.2 Å². The number of benzene rings is 1. The van der Waals surface area contributed by atoms with Crippen LogP contribution in [0.2, 0.25) is 0 Å². The van der Waals surface area contributed by atoms with Gasteiger partial charge in [-0.15, -0.1) is 0 Å². The van der Waals surface area contributed by atoms with Crippen LogP contribution >= 0.6 is 0 Å². The molecular weight excluding hydrogens is 274 g/mol. The van der Waals surface area contributed by atoms with Gasteiger partial charge in [-0.25, -0.2) is 0 Å². The van der Waals surface area contributed by atoms with E-state index >= 15 is 0 Å². The molecule has 1 heterocycles. The summed E-state index contributed by atoms with van der Waals surface area (Å²) in [5.41, 5.74) is 7.11. The lowest BCUT2D eigenvalue weighted by molar-refractivity contribution is -0.132. The molecule has 4 heteroatoms. The first-order valence-electron chi connectivity index (χ1n) is 8.40. The van der Waals surface area contributed by atoms with Crippen LogP contribution in [-0.2, 0) is 11.3 Å². The molecule has 0 aliphatic carbocycles. The van der Waals surface area contributed by atoms with E-state index in [-0.39, 0.29) is 5.91 Å². The van der Waals surface area contributed by atoms with Gasteiger partial charge in [0.25, 0.3) is 0 Å². The van der Waals surface area contributed by atoms with Gasteiger partial charge in [-0.3, -0.25) is 9.69 Å². The number of carbonyl (C=O) groups excluding carboxylic acids is 1. The zero-order valence-electron chi connectivity index (χ0n) is 13.9. The van der Waals surface area contributed by atoms with Crippen LogP contribution in [0.5, 0.6) is 0 Å². The van der Waals surface area contributed by atoms with Crippen molar-refractivity contribution in [1.82, 2.24) is 9.80 Å². The van der Waals surface area contributed by atoms with Crippen molar-refractivity contribution in [3.05, 3.63) is 35.9 Å². The summed E-state index contributed by atoms with van der Waals surface area (Å²) in [4.78, 5) is 16.5. The van der Waals surface area contributed by atoms with Crippen LogP contribution in [0.3, 0.4) is 0 Å². The summed E-state index contributed by atoms with van der Waals surface area (Å²) >= 11 is 0. The number of nitrogens with two attached hydrogens (primary N) is 1. The number of rotatable bonds is 6. The van der Waals surface area contributed by atoms with E-state index in [2.05, 4.69) is 35.2 Å². The van der Waals surface area contributed by atoms with Gasteiger partial charge in [0.05, 0.1) is 6.04 Å². The predicted octanol–water partition coefficient (Wildman–Crippen LogP) is 2.09. The molecule has 1 fully saturated rings. The second-order valence-electron chi connectivity index (χ2n) is 6.39. The molecule has 1 aromatic rings. The lowest BCUT2D eigenvalue weighted by Gasteiger charge is -2.36. The molecule has 0 aromatic heterocycles. The third-order valence-electron chi connectivity index (χ3n) is 4.41. The van der Waals surface area contributed by atoms with Gasteiger partial charge >= 0.3 is 0 Å². The fraction of sp³-hybridized carbons (Fsp3) is 0.611. The molecule has 0 saturated carbocycles. The fourth-order valence-corrected chi connectivity index (χ4v) is 3.26. The maximum Gasteiger partial charge on any atom is 0.239 e. The molecular formula is C18H29N3O. The Bertz CT molecular complexity index is 461. The molecule has 0 radical (unpaired) electrons. The standard InChI is InChI=1S/C18H29N3O/c1-3-21(18(22)15(2)19)14-17-10-7-11-20(13-17)12-16-8-5-4-6-9-16/h4-6,8-9,15,17H,3,7,10-14,19H2,1-2H3. The van der Waals surface area contributed by atoms with Crippen molar-refractivity contribution in [2.45, 2.75) is 39.3 Å². The predicted molar refractivity (Wildman–Crippen MR) is 90.3 cm³/mol. The Morgan fingerprint density at radius 2 is 2.14 bits per heavy atom. The molecule has 2 N–H and O–H groups in total. The summed E-state index contributed by atoms with van der Waals surface area (Å²) in [5.74, 6) is 0.628. The smallest absolute Gasteiger partial charge is 0.239 e. The van der Waals surface area contributed by atoms with E-state index in [1.54, 1.807) is 6.92 Å². The Hall–Kier alpha value is -1.39. The van der Waals surface area contributed by atoms with E-state index in [1.807, 2.05) is 11.8 Å². The zero-order chi connectivity index (χ0) is 15.9. The number of carbonyl (C=O) groups is 1. The third-order valence-corrected chi connectivity index (χ3v) is 4.41. The number of hydrogen-bond acceptors (Lipinski definition) is 3. The lowest BCUT2D eigenvalue weighted by Crippen LogP contribution is -2.47. The molecule has 2 rings (SSSR count). The quantitative estimate of drug-likeness (QED) is 0.875. The second-order valence-corrected chi connectivity index (χ2v) is 6.39. The average Bonchev–Trinajstić information content (AvgIpc) is 2.53. The van der Waals surface area contributed by atoms with Crippen LogP contribution in [0, 0.1) is 5.92 Å². The summed E-state index contributed by atoms with van der Waals surface area (Å²) < 4.78 is 0. The molecule has 1 saturated heterocycles. The Labute approximate surface area is 134 Å². The van der Waals surface area contributed by atoms with Gasteiger partial charge in [0.1, 0.15) is 0 Å². The van der Waals surface area contributed by atoms with E-state index in [0.717, 1.165) is 32.7 Å². The van der Waals surface area contributed by atoms with Crippen LogP contribution < -0.4 is 5.73 Å². The Kier molecular flexibility index (Phi) is 6.40. The Morgan fingerprint density at radius 3 is 2.77 bits per heavy atom. The lowest BCUT2D eigenvalue weighted by atomic mass is 9.96. The van der Waals surface area contributed by atoms with Crippen LogP contribution in [0.25, 0.3) is 0 Å². The highest BCUT2D eigenvalue weighted by Gasteiger charge is 2.24. The number of piperidine rings is 1. The van der Waals surface area contributed by atoms with Crippen LogP contribution in [-0.4, -0.2) is 47.9 Å². The molecule has 22 heavy (non-hydrogen) atoms. The molecule has 1 amide bonds. The van der Waals surface area contributed by atoms with E-state index in [4.69, 9.17) is 5.73 Å². The molecule has 1 aromatic carbocycles. The minimum Gasteiger partial charge on any atom is -0.341 e. The van der Waals surface area contributed by atoms with Crippen molar-refractivity contribution in [3.63, 3.8) is 0 Å². The first-order valence-corrected chi connectivity index (χ1v) is 8.40. The van der Waals surface area contributed by atoms with Crippen LogP contribution in [0.15, 0.2) is 30.3 Å². The van der Waals surface area contributed by atoms with Crippen molar-refractivity contribution < 1.29 is 4.79 Å². The first kappa shape index (κ1) is 17.0. The molecule has 0 bridgehead atoms. The topological polar surface area (TPSA) is 49.6 Å². The molecule has 2 atom stereocenters. The van der Waals surface area contributed by atoms with E-state index < -0.39 is 6.04 Å². The zero-order valence-corrected chi connectivity index (χ0v) is 13.9. The largest absolute Gasteiger partial charge is 0.341 e. The monoisotopic (exact) mass is 303 g/mol. The van der Waals surface area contributed by atoms with Crippen LogP contribution in [0.4, 0.5) is 0 Å². The maximum absolute atomic E-state index is 12.1. The summed E-state index contributed by atoms with van der Waals surface area (Å²) in [5, 5.41) is 0. The minimum atomic E-state index is -0.399. The maximum atomic E-state index is 12.1. The van der Waals surface area contributed by atoms with Gasteiger partial charge in [0.15, 0.2) is 0 Å². The van der Waals surface area contributed by atoms with Gasteiger partial charge < -0.3 is 10.6 Å². The minimum absolute atomic E-state index is 0.0719. The summed E-state index contributed by atoms with van der Waals surface area (Å²) in [6, 6.07) is 10.2. The number of likely N-dealkylation sites (N-methyl/N-ethyl adjacent to an activating group) is 1. The molecule has 122 valence electrons. The number of hydrogen-bond donors (Lipinski definition) is 1. The molecule has 2 unspecified atom stereocenters. The van der Waals surface area contributed by atoms with Gasteiger partial charge in [-0.2, -0.15) is 0 Å². The van der Waals surface area contributed by atoms with E-state index in [1.165, 1.54) is 18.4 Å². The molecule has 1 aliphatic rings. The third kappa shape index (κ3) is 4.82. The number of amides is 1. The number of likely N-dealkylation sites (tertiary alicyclic amines) is 1. The van der Waals surface area contributed by atoms with Crippen molar-refractivity contribution in [2.24, 2.45) is 11.7 Å². The average molecular weight is 303 g/mol. The highest BCUT2D eigenvalue weighted by molar-refractivity contribution is 5.81. The molecule has 4 nitrogen and oxygen atoms in total. The van der Waals surface area contributed by atoms with Crippen molar-refractivity contribution in [3.8, 4) is 0 Å². The second kappa shape index (κ2) is 8.30. The summed E-state index contributed by atoms with van der Waals surface area (Å²) in [7, 11) is 0. The Morgan fingerprint density at radius 1 is 1.41 bits per heavy atom. The Balaban J connectivity index is 1.88. The SMILES string of the molecule is CCN(CC1CCCN(Cc2ccccc2)C1)C(=O)C(C)N. The van der Waals surface area contributed by atoms with Gasteiger partial charge in [0, 0.05) is 26.2 Å². The molecule has 0 spiro atoms. The van der Waals surface area contributed by atoms with Crippen molar-refractivity contribution in [1.29, 1.82) is 0 Å². The molecule has 1 aliphatic heterocycles. The first-order chi connectivity index (χ1) is 10.6. The van der Waals surface area contributed by atoms with Gasteiger partial charge in [-0.1, -0.05) is 30.3 Å². The highest BCUT2D eigenvalue weighted by atomic mass is 16.2. The highest BCUT2D eigenvalue weighted by Crippen LogP contribution is 2.20. The van der Waals surface area contributed by atoms with E-state index in [0.29, 0.717) is 5.92 Å². The normalized spacial score (nSPS) is 20.6. The fourth-order valence-electron chi connectivity index (χ4n) is 3.26. The van der Waals surface area contributed by atoms with E-state index in [9.17, 15) is 4.79 Å². The van der Waals surface area contributed by atoms with Gasteiger partial charge in [0.2, 0.25) is 5.91 Å². The summed E-state index contributed by atoms with van der Waals surface area (Å²) in [6.07, 6.45) is 2.41. The number of nitrogens with zero attached hydrogens (tertiary/aromatic N) is 2. The van der Waals surface area contributed by atoms with Gasteiger partial charge in [-0.05, 0) is 44.7 Å². The summed E-state index contributed by atoms with van der Waals surface area (Å²) in [6.45, 7) is 8.61. The van der Waals surface area contributed by atoms with Crippen LogP contribution in [0.1, 0.15) is 32.3 Å². The van der Waals surface area contributed by atoms with Crippen molar-refractivity contribution >= 4 is 5.91 Å².